The Labute approximate surface area is 173 Å². The van der Waals surface area contributed by atoms with Crippen LogP contribution in [0, 0.1) is 23.1 Å². The van der Waals surface area contributed by atoms with Crippen LogP contribution in [0.1, 0.15) is 37.8 Å². The van der Waals surface area contributed by atoms with Gasteiger partial charge in [0.2, 0.25) is 0 Å². The average molecular weight is 409 g/mol. The molecule has 2 aromatic heterocycles. The summed E-state index contributed by atoms with van der Waals surface area (Å²) in [5.41, 5.74) is 2.56. The molecule has 148 valence electrons. The number of pyridine rings is 1. The molecule has 1 aliphatic carbocycles. The van der Waals surface area contributed by atoms with Crippen LogP contribution in [0.25, 0.3) is 11.3 Å². The Balaban J connectivity index is 1.38. The Morgan fingerprint density at radius 3 is 2.79 bits per heavy atom. The largest absolute Gasteiger partial charge is 0.490 e. The van der Waals surface area contributed by atoms with E-state index in [1.807, 2.05) is 17.5 Å². The van der Waals surface area contributed by atoms with Crippen LogP contribution in [0.3, 0.4) is 0 Å². The summed E-state index contributed by atoms with van der Waals surface area (Å²) in [6.45, 7) is 0.582. The third kappa shape index (κ3) is 4.90. The smallest absolute Gasteiger partial charge is 0.187 e. The highest BCUT2D eigenvalue weighted by atomic mass is 32.1. The van der Waals surface area contributed by atoms with Crippen LogP contribution < -0.4 is 10.1 Å². The highest BCUT2D eigenvalue weighted by Crippen LogP contribution is 2.30. The summed E-state index contributed by atoms with van der Waals surface area (Å²) in [7, 11) is 0. The van der Waals surface area contributed by atoms with E-state index in [-0.39, 0.29) is 5.82 Å². The van der Waals surface area contributed by atoms with E-state index >= 15 is 0 Å². The lowest BCUT2D eigenvalue weighted by Crippen LogP contribution is -2.15. The van der Waals surface area contributed by atoms with Crippen molar-refractivity contribution in [3.63, 3.8) is 0 Å². The summed E-state index contributed by atoms with van der Waals surface area (Å²) in [5.74, 6) is 0.454. The van der Waals surface area contributed by atoms with Gasteiger partial charge in [0, 0.05) is 28.9 Å². The fraction of sp³-hybridized carbons (Fsp3) is 0.318. The quantitative estimate of drug-likeness (QED) is 0.548. The molecule has 2 heterocycles. The van der Waals surface area contributed by atoms with Gasteiger partial charge in [-0.15, -0.1) is 11.3 Å². The number of nitrogens with zero attached hydrogens (tertiary/aromatic N) is 3. The van der Waals surface area contributed by atoms with Gasteiger partial charge in [-0.3, -0.25) is 0 Å². The van der Waals surface area contributed by atoms with Gasteiger partial charge in [-0.2, -0.15) is 5.26 Å². The van der Waals surface area contributed by atoms with Crippen molar-refractivity contribution in [1.29, 1.82) is 5.26 Å². The van der Waals surface area contributed by atoms with Crippen molar-refractivity contribution in [2.24, 2.45) is 5.92 Å². The Bertz CT molecular complexity index is 1010. The fourth-order valence-corrected chi connectivity index (χ4v) is 4.20. The molecule has 0 atom stereocenters. The van der Waals surface area contributed by atoms with Crippen LogP contribution >= 0.6 is 11.3 Å². The zero-order valence-corrected chi connectivity index (χ0v) is 16.7. The predicted octanol–water partition coefficient (Wildman–Crippen LogP) is 5.92. The Morgan fingerprint density at radius 1 is 1.21 bits per heavy atom. The molecule has 1 aromatic carbocycles. The van der Waals surface area contributed by atoms with E-state index in [0.29, 0.717) is 34.8 Å². The second-order valence-corrected chi connectivity index (χ2v) is 8.03. The van der Waals surface area contributed by atoms with Crippen molar-refractivity contribution >= 4 is 22.2 Å². The molecule has 3 aromatic rings. The molecular formula is C22H21FN4OS. The number of hydrogen-bond donors (Lipinski definition) is 1. The molecule has 29 heavy (non-hydrogen) atoms. The number of hydrogen-bond acceptors (Lipinski definition) is 6. The number of ether oxygens (including phenoxy) is 1. The van der Waals surface area contributed by atoms with Crippen LogP contribution in [0.2, 0.25) is 0 Å². The van der Waals surface area contributed by atoms with Gasteiger partial charge in [-0.25, -0.2) is 14.4 Å². The molecule has 4 rings (SSSR count). The molecule has 1 N–H and O–H groups in total. The first-order valence-electron chi connectivity index (χ1n) is 9.73. The van der Waals surface area contributed by atoms with Gasteiger partial charge >= 0.3 is 0 Å². The molecule has 0 saturated heterocycles. The van der Waals surface area contributed by atoms with Crippen LogP contribution in [0.15, 0.2) is 41.9 Å². The number of benzene rings is 1. The number of aromatic nitrogens is 2. The molecule has 7 heteroatoms. The highest BCUT2D eigenvalue weighted by Gasteiger charge is 2.15. The van der Waals surface area contributed by atoms with Crippen molar-refractivity contribution in [3.8, 4) is 23.1 Å². The molecule has 1 fully saturated rings. The van der Waals surface area contributed by atoms with E-state index in [2.05, 4.69) is 15.3 Å². The number of rotatable bonds is 6. The summed E-state index contributed by atoms with van der Waals surface area (Å²) < 4.78 is 20.1. The van der Waals surface area contributed by atoms with Gasteiger partial charge in [0.05, 0.1) is 12.3 Å². The third-order valence-electron chi connectivity index (χ3n) is 5.06. The molecule has 0 aliphatic heterocycles. The first-order chi connectivity index (χ1) is 14.2. The molecule has 1 aliphatic rings. The summed E-state index contributed by atoms with van der Waals surface area (Å²) in [5, 5.41) is 14.5. The van der Waals surface area contributed by atoms with Crippen LogP contribution in [-0.2, 0) is 0 Å². The van der Waals surface area contributed by atoms with Crippen molar-refractivity contribution < 1.29 is 9.13 Å². The second kappa shape index (κ2) is 9.01. The topological polar surface area (TPSA) is 70.8 Å². The maximum Gasteiger partial charge on any atom is 0.187 e. The number of thiazole rings is 1. The van der Waals surface area contributed by atoms with Gasteiger partial charge in [0.25, 0.3) is 0 Å². The monoisotopic (exact) mass is 408 g/mol. The van der Waals surface area contributed by atoms with Gasteiger partial charge in [-0.1, -0.05) is 19.3 Å². The Hall–Kier alpha value is -2.98. The van der Waals surface area contributed by atoms with Gasteiger partial charge < -0.3 is 10.1 Å². The van der Waals surface area contributed by atoms with E-state index < -0.39 is 0 Å². The second-order valence-electron chi connectivity index (χ2n) is 7.17. The minimum Gasteiger partial charge on any atom is -0.490 e. The fourth-order valence-electron chi connectivity index (χ4n) is 3.46. The van der Waals surface area contributed by atoms with E-state index in [1.54, 1.807) is 24.4 Å². The Morgan fingerprint density at radius 2 is 2.07 bits per heavy atom. The van der Waals surface area contributed by atoms with Crippen molar-refractivity contribution in [2.75, 3.05) is 11.9 Å². The molecule has 0 spiro atoms. The van der Waals surface area contributed by atoms with Crippen LogP contribution in [0.4, 0.5) is 15.2 Å². The summed E-state index contributed by atoms with van der Waals surface area (Å²) in [4.78, 5) is 8.57. The minimum absolute atomic E-state index is 0.296. The average Bonchev–Trinajstić information content (AvgIpc) is 3.22. The first-order valence-corrected chi connectivity index (χ1v) is 10.6. The number of nitrogens with one attached hydrogen (secondary N) is 1. The molecule has 0 unspecified atom stereocenters. The highest BCUT2D eigenvalue weighted by molar-refractivity contribution is 7.14. The molecule has 0 bridgehead atoms. The van der Waals surface area contributed by atoms with Crippen LogP contribution in [0.5, 0.6) is 5.75 Å². The first kappa shape index (κ1) is 19.3. The van der Waals surface area contributed by atoms with Crippen molar-refractivity contribution in [3.05, 3.63) is 53.4 Å². The molecular weight excluding hydrogens is 387 g/mol. The number of halogens is 1. The summed E-state index contributed by atoms with van der Waals surface area (Å²) in [6, 6.07) is 10.4. The normalized spacial score (nSPS) is 14.3. The van der Waals surface area contributed by atoms with Crippen LogP contribution in [-0.4, -0.2) is 16.6 Å². The zero-order valence-electron chi connectivity index (χ0n) is 15.9. The van der Waals surface area contributed by atoms with Gasteiger partial charge in [-0.05, 0) is 43.0 Å². The van der Waals surface area contributed by atoms with Gasteiger partial charge in [0.1, 0.15) is 11.8 Å². The van der Waals surface area contributed by atoms with E-state index in [1.165, 1.54) is 49.5 Å². The number of nitriles is 1. The molecule has 5 nitrogen and oxygen atoms in total. The number of anilines is 2. The van der Waals surface area contributed by atoms with E-state index in [0.717, 1.165) is 11.3 Å². The molecule has 0 radical (unpaired) electrons. The lowest BCUT2D eigenvalue weighted by atomic mass is 9.90. The maximum absolute atomic E-state index is 14.4. The summed E-state index contributed by atoms with van der Waals surface area (Å²) >= 11 is 1.42. The lowest BCUT2D eigenvalue weighted by Gasteiger charge is -2.21. The predicted molar refractivity (Wildman–Crippen MR) is 112 cm³/mol. The molecule has 0 amide bonds. The lowest BCUT2D eigenvalue weighted by molar-refractivity contribution is 0.202. The van der Waals surface area contributed by atoms with Gasteiger partial charge in [0.15, 0.2) is 16.7 Å². The van der Waals surface area contributed by atoms with Crippen molar-refractivity contribution in [2.45, 2.75) is 32.1 Å². The Kier molecular flexibility index (Phi) is 6.01. The van der Waals surface area contributed by atoms with Crippen molar-refractivity contribution in [1.82, 2.24) is 9.97 Å². The zero-order chi connectivity index (χ0) is 20.1. The third-order valence-corrected chi connectivity index (χ3v) is 5.82. The maximum atomic E-state index is 14.4. The minimum atomic E-state index is -0.376. The van der Waals surface area contributed by atoms with E-state index in [9.17, 15) is 4.39 Å². The SMILES string of the molecule is N#Cc1ccc(-c2csc(Nc3ccc(OCC4CCCCC4)c(F)c3)n2)cn1. The standard InChI is InChI=1S/C22H21FN4OS/c23-19-10-17(8-9-21(19)28-13-15-4-2-1-3-5-15)26-22-27-20(14-29-22)16-6-7-18(11-24)25-12-16/h6-10,12,14-15H,1-5,13H2,(H,26,27). The summed E-state index contributed by atoms with van der Waals surface area (Å²) in [6.07, 6.45) is 7.74. The van der Waals surface area contributed by atoms with E-state index in [4.69, 9.17) is 10.00 Å². The molecule has 1 saturated carbocycles.